The van der Waals surface area contributed by atoms with Gasteiger partial charge in [-0.1, -0.05) is 47.6 Å². The molecule has 0 bridgehead atoms. The van der Waals surface area contributed by atoms with E-state index in [1.165, 1.54) is 19.1 Å². The van der Waals surface area contributed by atoms with E-state index in [1.54, 1.807) is 18.2 Å². The predicted octanol–water partition coefficient (Wildman–Crippen LogP) is 2.70. The van der Waals surface area contributed by atoms with Crippen LogP contribution in [0.15, 0.2) is 65.2 Å². The summed E-state index contributed by atoms with van der Waals surface area (Å²) in [7, 11) is -3.70. The fraction of sp³-hybridized carbons (Fsp3) is 0.273. The third-order valence-corrected chi connectivity index (χ3v) is 7.32. The van der Waals surface area contributed by atoms with Crippen LogP contribution < -0.4 is 5.32 Å². The van der Waals surface area contributed by atoms with E-state index in [2.05, 4.69) is 10.5 Å². The van der Waals surface area contributed by atoms with Crippen molar-refractivity contribution < 1.29 is 27.9 Å². The molecule has 2 unspecified atom stereocenters. The van der Waals surface area contributed by atoms with Crippen molar-refractivity contribution in [2.45, 2.75) is 24.2 Å². The standard InChI is InChI=1S/C22H24N2O6S/c1-22(31(2,28)29,14-23-21(27)16-10-6-7-11-18(16)25)13-19(26)17-12-20(30-24-17)15-8-4-3-5-9-15/h3-12,19,25-26H,13-14H2,1-2H3,(H,23,27). The Balaban J connectivity index is 1.76. The van der Waals surface area contributed by atoms with Gasteiger partial charge in [-0.2, -0.15) is 0 Å². The van der Waals surface area contributed by atoms with Crippen LogP contribution in [-0.4, -0.2) is 47.2 Å². The third kappa shape index (κ3) is 5.12. The van der Waals surface area contributed by atoms with Gasteiger partial charge in [-0.25, -0.2) is 8.42 Å². The van der Waals surface area contributed by atoms with Gasteiger partial charge in [-0.15, -0.1) is 0 Å². The van der Waals surface area contributed by atoms with Crippen LogP contribution in [0.2, 0.25) is 0 Å². The molecule has 0 fully saturated rings. The Hall–Kier alpha value is -3.17. The normalized spacial score (nSPS) is 14.5. The number of para-hydroxylation sites is 1. The number of amides is 1. The molecule has 0 radical (unpaired) electrons. The Kier molecular flexibility index (Phi) is 6.47. The van der Waals surface area contributed by atoms with Crippen LogP contribution in [0.4, 0.5) is 0 Å². The summed E-state index contributed by atoms with van der Waals surface area (Å²) in [6.45, 7) is 1.17. The van der Waals surface area contributed by atoms with Gasteiger partial charge in [0.1, 0.15) is 17.5 Å². The largest absolute Gasteiger partial charge is 0.507 e. The van der Waals surface area contributed by atoms with Crippen molar-refractivity contribution in [3.05, 3.63) is 71.9 Å². The van der Waals surface area contributed by atoms with Gasteiger partial charge >= 0.3 is 0 Å². The summed E-state index contributed by atoms with van der Waals surface area (Å²) in [6, 6.07) is 16.7. The first-order valence-corrected chi connectivity index (χ1v) is 11.5. The lowest BCUT2D eigenvalue weighted by atomic mass is 9.99. The number of aromatic hydroxyl groups is 1. The van der Waals surface area contributed by atoms with Crippen molar-refractivity contribution in [2.24, 2.45) is 0 Å². The molecule has 0 saturated heterocycles. The first kappa shape index (κ1) is 22.5. The third-order valence-electron chi connectivity index (χ3n) is 5.22. The monoisotopic (exact) mass is 444 g/mol. The second-order valence-electron chi connectivity index (χ2n) is 7.62. The molecule has 3 aromatic rings. The second kappa shape index (κ2) is 8.91. The lowest BCUT2D eigenvalue weighted by molar-refractivity contribution is 0.0937. The van der Waals surface area contributed by atoms with E-state index in [4.69, 9.17) is 4.52 Å². The highest BCUT2D eigenvalue weighted by molar-refractivity contribution is 7.92. The number of phenolic OH excluding ortho intramolecular Hbond substituents is 1. The summed E-state index contributed by atoms with van der Waals surface area (Å²) in [5, 5.41) is 26.9. The number of phenols is 1. The van der Waals surface area contributed by atoms with E-state index in [0.29, 0.717) is 5.76 Å². The Morgan fingerprint density at radius 2 is 1.81 bits per heavy atom. The molecule has 0 spiro atoms. The highest BCUT2D eigenvalue weighted by atomic mass is 32.2. The molecule has 164 valence electrons. The molecular weight excluding hydrogens is 420 g/mol. The fourth-order valence-corrected chi connectivity index (χ4v) is 3.88. The van der Waals surface area contributed by atoms with Crippen LogP contribution >= 0.6 is 0 Å². The molecule has 0 aliphatic carbocycles. The number of aliphatic hydroxyl groups is 1. The number of benzene rings is 2. The van der Waals surface area contributed by atoms with Gasteiger partial charge in [0.2, 0.25) is 0 Å². The van der Waals surface area contributed by atoms with Crippen molar-refractivity contribution in [1.29, 1.82) is 0 Å². The first-order chi connectivity index (χ1) is 14.6. The summed E-state index contributed by atoms with van der Waals surface area (Å²) in [5.74, 6) is -0.379. The molecule has 8 nitrogen and oxygen atoms in total. The summed E-state index contributed by atoms with van der Waals surface area (Å²) < 4.78 is 28.8. The maximum Gasteiger partial charge on any atom is 0.255 e. The predicted molar refractivity (Wildman–Crippen MR) is 115 cm³/mol. The smallest absolute Gasteiger partial charge is 0.255 e. The van der Waals surface area contributed by atoms with Gasteiger partial charge in [0, 0.05) is 30.9 Å². The summed E-state index contributed by atoms with van der Waals surface area (Å²) in [4.78, 5) is 12.4. The van der Waals surface area contributed by atoms with Gasteiger partial charge in [0.15, 0.2) is 15.6 Å². The number of hydrogen-bond donors (Lipinski definition) is 3. The Bertz CT molecular complexity index is 1160. The van der Waals surface area contributed by atoms with Crippen molar-refractivity contribution in [2.75, 3.05) is 12.8 Å². The highest BCUT2D eigenvalue weighted by Crippen LogP contribution is 2.31. The number of aliphatic hydroxyl groups excluding tert-OH is 1. The summed E-state index contributed by atoms with van der Waals surface area (Å²) in [5.41, 5.74) is 0.998. The minimum atomic E-state index is -3.70. The van der Waals surface area contributed by atoms with Crippen molar-refractivity contribution >= 4 is 15.7 Å². The minimum Gasteiger partial charge on any atom is -0.507 e. The molecule has 1 heterocycles. The molecule has 2 aromatic carbocycles. The van der Waals surface area contributed by atoms with Crippen LogP contribution in [0.25, 0.3) is 11.3 Å². The van der Waals surface area contributed by atoms with E-state index in [-0.39, 0.29) is 30.0 Å². The Morgan fingerprint density at radius 1 is 1.16 bits per heavy atom. The Morgan fingerprint density at radius 3 is 2.45 bits per heavy atom. The molecule has 2 atom stereocenters. The van der Waals surface area contributed by atoms with Crippen LogP contribution in [0.1, 0.15) is 35.5 Å². The maximum atomic E-state index is 12.5. The SMILES string of the molecule is CC(CNC(=O)c1ccccc1O)(CC(O)c1cc(-c2ccccc2)on1)S(C)(=O)=O. The molecule has 1 amide bonds. The van der Waals surface area contributed by atoms with Crippen molar-refractivity contribution in [3.8, 4) is 17.1 Å². The van der Waals surface area contributed by atoms with Crippen LogP contribution in [-0.2, 0) is 9.84 Å². The van der Waals surface area contributed by atoms with Crippen LogP contribution in [0, 0.1) is 0 Å². The average Bonchev–Trinajstić information content (AvgIpc) is 3.23. The number of sulfone groups is 1. The quantitative estimate of drug-likeness (QED) is 0.487. The molecule has 3 N–H and O–H groups in total. The zero-order valence-electron chi connectivity index (χ0n) is 17.1. The zero-order valence-corrected chi connectivity index (χ0v) is 18.0. The second-order valence-corrected chi connectivity index (χ2v) is 10.2. The fourth-order valence-electron chi connectivity index (χ4n) is 3.08. The highest BCUT2D eigenvalue weighted by Gasteiger charge is 2.39. The molecule has 3 rings (SSSR count). The van der Waals surface area contributed by atoms with E-state index < -0.39 is 26.6 Å². The number of aromatic nitrogens is 1. The lowest BCUT2D eigenvalue weighted by Crippen LogP contribution is -2.47. The summed E-state index contributed by atoms with van der Waals surface area (Å²) in [6.07, 6.45) is -0.402. The molecular formula is C22H24N2O6S. The topological polar surface area (TPSA) is 130 Å². The number of nitrogens with zero attached hydrogens (tertiary/aromatic N) is 1. The number of nitrogens with one attached hydrogen (secondary N) is 1. The molecule has 0 aliphatic heterocycles. The number of carbonyl (C=O) groups is 1. The molecule has 0 aliphatic rings. The van der Waals surface area contributed by atoms with Crippen LogP contribution in [0.3, 0.4) is 0 Å². The molecule has 9 heteroatoms. The van der Waals surface area contributed by atoms with Crippen molar-refractivity contribution in [3.63, 3.8) is 0 Å². The van der Waals surface area contributed by atoms with Gasteiger partial charge in [-0.3, -0.25) is 4.79 Å². The van der Waals surface area contributed by atoms with E-state index >= 15 is 0 Å². The van der Waals surface area contributed by atoms with Crippen LogP contribution in [0.5, 0.6) is 5.75 Å². The average molecular weight is 445 g/mol. The molecule has 31 heavy (non-hydrogen) atoms. The number of carbonyl (C=O) groups excluding carboxylic acids is 1. The summed E-state index contributed by atoms with van der Waals surface area (Å²) >= 11 is 0. The van der Waals surface area contributed by atoms with E-state index in [0.717, 1.165) is 11.8 Å². The van der Waals surface area contributed by atoms with E-state index in [9.17, 15) is 23.4 Å². The van der Waals surface area contributed by atoms with E-state index in [1.807, 2.05) is 30.3 Å². The molecule has 0 saturated carbocycles. The lowest BCUT2D eigenvalue weighted by Gasteiger charge is -2.29. The molecule has 1 aromatic heterocycles. The zero-order chi connectivity index (χ0) is 22.6. The number of hydrogen-bond acceptors (Lipinski definition) is 7. The number of rotatable bonds is 8. The Labute approximate surface area is 180 Å². The first-order valence-electron chi connectivity index (χ1n) is 9.56. The maximum absolute atomic E-state index is 12.5. The minimum absolute atomic E-state index is 0.0305. The van der Waals surface area contributed by atoms with Crippen molar-refractivity contribution in [1.82, 2.24) is 10.5 Å². The van der Waals surface area contributed by atoms with Gasteiger partial charge < -0.3 is 20.1 Å². The van der Waals surface area contributed by atoms with Gasteiger partial charge in [0.05, 0.1) is 10.3 Å². The van der Waals surface area contributed by atoms with Gasteiger partial charge in [-0.05, 0) is 19.1 Å². The van der Waals surface area contributed by atoms with Gasteiger partial charge in [0.25, 0.3) is 5.91 Å².